The van der Waals surface area contributed by atoms with Crippen LogP contribution in [0, 0.1) is 0 Å². The average molecular weight is 231 g/mol. The van der Waals surface area contributed by atoms with Crippen LogP contribution in [0.4, 0.5) is 5.69 Å². The largest absolute Gasteiger partial charge is 0.494 e. The van der Waals surface area contributed by atoms with Gasteiger partial charge in [-0.2, -0.15) is 5.10 Å². The highest BCUT2D eigenvalue weighted by Crippen LogP contribution is 2.16. The second kappa shape index (κ2) is 5.94. The van der Waals surface area contributed by atoms with E-state index >= 15 is 0 Å². The average Bonchev–Trinajstić information content (AvgIpc) is 2.83. The fourth-order valence-electron chi connectivity index (χ4n) is 1.61. The van der Waals surface area contributed by atoms with E-state index in [0.29, 0.717) is 6.61 Å². The molecular formula is C13H17N3O. The van der Waals surface area contributed by atoms with E-state index in [9.17, 15) is 0 Å². The Morgan fingerprint density at radius 3 is 3.06 bits per heavy atom. The van der Waals surface area contributed by atoms with Gasteiger partial charge in [0.05, 0.1) is 13.2 Å². The van der Waals surface area contributed by atoms with Gasteiger partial charge in [-0.1, -0.05) is 6.07 Å². The molecule has 4 heteroatoms. The van der Waals surface area contributed by atoms with E-state index in [2.05, 4.69) is 10.4 Å². The van der Waals surface area contributed by atoms with E-state index in [0.717, 1.165) is 24.5 Å². The first-order valence-corrected chi connectivity index (χ1v) is 5.82. The third kappa shape index (κ3) is 3.52. The lowest BCUT2D eigenvalue weighted by molar-refractivity contribution is 0.340. The Kier molecular flexibility index (Phi) is 4.02. The molecule has 0 aliphatic carbocycles. The predicted octanol–water partition coefficient (Wildman–Crippen LogP) is 2.39. The summed E-state index contributed by atoms with van der Waals surface area (Å²) in [5.41, 5.74) is 1.07. The van der Waals surface area contributed by atoms with Crippen molar-refractivity contribution < 1.29 is 4.74 Å². The number of ether oxygens (including phenoxy) is 1. The van der Waals surface area contributed by atoms with E-state index < -0.39 is 0 Å². The highest BCUT2D eigenvalue weighted by atomic mass is 16.5. The van der Waals surface area contributed by atoms with Crippen molar-refractivity contribution in [2.45, 2.75) is 13.5 Å². The molecule has 0 saturated carbocycles. The molecule has 4 nitrogen and oxygen atoms in total. The lowest BCUT2D eigenvalue weighted by atomic mass is 10.3. The second-order valence-electron chi connectivity index (χ2n) is 3.66. The zero-order valence-electron chi connectivity index (χ0n) is 9.97. The van der Waals surface area contributed by atoms with Crippen molar-refractivity contribution in [2.75, 3.05) is 18.5 Å². The minimum atomic E-state index is 0.691. The molecule has 0 saturated heterocycles. The number of benzene rings is 1. The van der Waals surface area contributed by atoms with Crippen molar-refractivity contribution in [3.8, 4) is 5.75 Å². The van der Waals surface area contributed by atoms with Crippen LogP contribution in [0.1, 0.15) is 6.92 Å². The maximum absolute atomic E-state index is 5.44. The highest BCUT2D eigenvalue weighted by Gasteiger charge is 1.96. The lowest BCUT2D eigenvalue weighted by Gasteiger charge is -2.08. The summed E-state index contributed by atoms with van der Waals surface area (Å²) >= 11 is 0. The SMILES string of the molecule is CCOc1cccc(NCCn2cccn2)c1. The molecule has 0 atom stereocenters. The highest BCUT2D eigenvalue weighted by molar-refractivity contribution is 5.48. The van der Waals surface area contributed by atoms with Crippen LogP contribution in [0.3, 0.4) is 0 Å². The van der Waals surface area contributed by atoms with Crippen molar-refractivity contribution in [3.63, 3.8) is 0 Å². The summed E-state index contributed by atoms with van der Waals surface area (Å²) in [7, 11) is 0. The molecule has 0 fully saturated rings. The van der Waals surface area contributed by atoms with Gasteiger partial charge in [0, 0.05) is 30.7 Å². The standard InChI is InChI=1S/C13H17N3O/c1-2-17-13-6-3-5-12(11-13)14-8-10-16-9-4-7-15-16/h3-7,9,11,14H,2,8,10H2,1H3. The van der Waals surface area contributed by atoms with Crippen LogP contribution in [-0.4, -0.2) is 22.9 Å². The summed E-state index contributed by atoms with van der Waals surface area (Å²) in [5, 5.41) is 7.49. The van der Waals surface area contributed by atoms with Crippen LogP contribution in [0.15, 0.2) is 42.7 Å². The Morgan fingerprint density at radius 2 is 2.29 bits per heavy atom. The number of aromatic nitrogens is 2. The lowest BCUT2D eigenvalue weighted by Crippen LogP contribution is -2.10. The quantitative estimate of drug-likeness (QED) is 0.829. The first kappa shape index (κ1) is 11.5. The van der Waals surface area contributed by atoms with Gasteiger partial charge in [0.15, 0.2) is 0 Å². The third-order valence-electron chi connectivity index (χ3n) is 2.37. The normalized spacial score (nSPS) is 10.2. The van der Waals surface area contributed by atoms with E-state index in [1.54, 1.807) is 6.20 Å². The summed E-state index contributed by atoms with van der Waals surface area (Å²) in [5.74, 6) is 0.900. The van der Waals surface area contributed by atoms with Crippen molar-refractivity contribution >= 4 is 5.69 Å². The number of rotatable bonds is 6. The summed E-state index contributed by atoms with van der Waals surface area (Å²) in [6.07, 6.45) is 3.74. The molecule has 0 amide bonds. The smallest absolute Gasteiger partial charge is 0.121 e. The van der Waals surface area contributed by atoms with E-state index in [-0.39, 0.29) is 0 Å². The topological polar surface area (TPSA) is 39.1 Å². The number of anilines is 1. The van der Waals surface area contributed by atoms with Crippen molar-refractivity contribution in [1.29, 1.82) is 0 Å². The minimum Gasteiger partial charge on any atom is -0.494 e. The molecule has 0 spiro atoms. The van der Waals surface area contributed by atoms with Gasteiger partial charge in [-0.25, -0.2) is 0 Å². The molecular weight excluding hydrogens is 214 g/mol. The Morgan fingerprint density at radius 1 is 1.35 bits per heavy atom. The number of hydrogen-bond acceptors (Lipinski definition) is 3. The maximum atomic E-state index is 5.44. The van der Waals surface area contributed by atoms with Gasteiger partial charge in [-0.3, -0.25) is 4.68 Å². The van der Waals surface area contributed by atoms with E-state index in [1.807, 2.05) is 48.1 Å². The van der Waals surface area contributed by atoms with Gasteiger partial charge in [-0.15, -0.1) is 0 Å². The van der Waals surface area contributed by atoms with Gasteiger partial charge in [0.1, 0.15) is 5.75 Å². The van der Waals surface area contributed by atoms with Gasteiger partial charge in [-0.05, 0) is 25.1 Å². The molecule has 0 radical (unpaired) electrons. The van der Waals surface area contributed by atoms with E-state index in [4.69, 9.17) is 4.74 Å². The minimum absolute atomic E-state index is 0.691. The van der Waals surface area contributed by atoms with Crippen LogP contribution in [0.25, 0.3) is 0 Å². The molecule has 2 rings (SSSR count). The Balaban J connectivity index is 1.84. The molecule has 1 aromatic heterocycles. The molecule has 90 valence electrons. The van der Waals surface area contributed by atoms with E-state index in [1.165, 1.54) is 0 Å². The molecule has 0 aliphatic rings. The zero-order chi connectivity index (χ0) is 11.9. The molecule has 1 N–H and O–H groups in total. The monoisotopic (exact) mass is 231 g/mol. The van der Waals surface area contributed by atoms with Crippen LogP contribution in [0.2, 0.25) is 0 Å². The summed E-state index contributed by atoms with van der Waals surface area (Å²) < 4.78 is 7.34. The zero-order valence-corrected chi connectivity index (χ0v) is 9.97. The van der Waals surface area contributed by atoms with Crippen molar-refractivity contribution in [2.24, 2.45) is 0 Å². The van der Waals surface area contributed by atoms with Crippen LogP contribution >= 0.6 is 0 Å². The van der Waals surface area contributed by atoms with Crippen LogP contribution in [-0.2, 0) is 6.54 Å². The molecule has 0 aliphatic heterocycles. The second-order valence-corrected chi connectivity index (χ2v) is 3.66. The van der Waals surface area contributed by atoms with Gasteiger partial charge >= 0.3 is 0 Å². The summed E-state index contributed by atoms with van der Waals surface area (Å²) in [4.78, 5) is 0. The Hall–Kier alpha value is -1.97. The summed E-state index contributed by atoms with van der Waals surface area (Å²) in [6.45, 7) is 4.37. The Bertz CT molecular complexity index is 440. The third-order valence-corrected chi connectivity index (χ3v) is 2.37. The van der Waals surface area contributed by atoms with Gasteiger partial charge in [0.25, 0.3) is 0 Å². The van der Waals surface area contributed by atoms with Crippen molar-refractivity contribution in [3.05, 3.63) is 42.7 Å². The predicted molar refractivity (Wildman–Crippen MR) is 68.3 cm³/mol. The fraction of sp³-hybridized carbons (Fsp3) is 0.308. The molecule has 17 heavy (non-hydrogen) atoms. The van der Waals surface area contributed by atoms with Crippen LogP contribution < -0.4 is 10.1 Å². The number of nitrogens with zero attached hydrogens (tertiary/aromatic N) is 2. The number of nitrogens with one attached hydrogen (secondary N) is 1. The molecule has 1 heterocycles. The molecule has 2 aromatic rings. The number of hydrogen-bond donors (Lipinski definition) is 1. The fourth-order valence-corrected chi connectivity index (χ4v) is 1.61. The molecule has 0 bridgehead atoms. The Labute approximate surface area is 101 Å². The maximum Gasteiger partial charge on any atom is 0.121 e. The van der Waals surface area contributed by atoms with Gasteiger partial charge in [0.2, 0.25) is 0 Å². The van der Waals surface area contributed by atoms with Gasteiger partial charge < -0.3 is 10.1 Å². The first-order valence-electron chi connectivity index (χ1n) is 5.82. The summed E-state index contributed by atoms with van der Waals surface area (Å²) in [6, 6.07) is 9.91. The van der Waals surface area contributed by atoms with Crippen LogP contribution in [0.5, 0.6) is 5.75 Å². The molecule has 1 aromatic carbocycles. The molecule has 0 unspecified atom stereocenters. The first-order chi connectivity index (χ1) is 8.38. The van der Waals surface area contributed by atoms with Crippen molar-refractivity contribution in [1.82, 2.24) is 9.78 Å².